The van der Waals surface area contributed by atoms with Crippen LogP contribution >= 0.6 is 11.8 Å². The van der Waals surface area contributed by atoms with E-state index in [-0.39, 0.29) is 11.9 Å². The van der Waals surface area contributed by atoms with Crippen molar-refractivity contribution in [2.24, 2.45) is 0 Å². The summed E-state index contributed by atoms with van der Waals surface area (Å²) in [4.78, 5) is 28.7. The van der Waals surface area contributed by atoms with Crippen LogP contribution in [-0.4, -0.2) is 58.2 Å². The molecule has 2 aromatic carbocycles. The van der Waals surface area contributed by atoms with E-state index in [1.165, 1.54) is 4.90 Å². The van der Waals surface area contributed by atoms with Crippen molar-refractivity contribution < 1.29 is 13.7 Å². The molecule has 0 bridgehead atoms. The molecule has 2 aliphatic rings. The van der Waals surface area contributed by atoms with Gasteiger partial charge in [-0.2, -0.15) is 0 Å². The summed E-state index contributed by atoms with van der Waals surface area (Å²) in [5.74, 6) is 1.24. The molecule has 1 amide bonds. The molecule has 3 aromatic rings. The van der Waals surface area contributed by atoms with Crippen LogP contribution in [0, 0.1) is 0 Å². The minimum absolute atomic E-state index is 0.00959. The van der Waals surface area contributed by atoms with Crippen molar-refractivity contribution in [3.63, 3.8) is 0 Å². The van der Waals surface area contributed by atoms with E-state index < -0.39 is 17.0 Å². The van der Waals surface area contributed by atoms with Crippen LogP contribution in [0.15, 0.2) is 64.5 Å². The van der Waals surface area contributed by atoms with E-state index in [2.05, 4.69) is 34.0 Å². The molecule has 2 unspecified atom stereocenters. The zero-order chi connectivity index (χ0) is 25.2. The lowest BCUT2D eigenvalue weighted by Gasteiger charge is -2.43. The number of amides is 1. The van der Waals surface area contributed by atoms with Crippen LogP contribution in [-0.2, 0) is 27.1 Å². The van der Waals surface area contributed by atoms with E-state index in [0.717, 1.165) is 16.9 Å². The van der Waals surface area contributed by atoms with Gasteiger partial charge in [0, 0.05) is 23.0 Å². The van der Waals surface area contributed by atoms with Gasteiger partial charge in [0.25, 0.3) is 5.91 Å². The molecule has 8 nitrogen and oxygen atoms in total. The maximum absolute atomic E-state index is 13.5. The number of hydrogen-bond acceptors (Lipinski definition) is 7. The van der Waals surface area contributed by atoms with Gasteiger partial charge >= 0.3 is 0 Å². The predicted octanol–water partition coefficient (Wildman–Crippen LogP) is 3.64. The number of benzene rings is 2. The fourth-order valence-electron chi connectivity index (χ4n) is 4.38. The Kier molecular flexibility index (Phi) is 7.38. The number of nitrogens with one attached hydrogen (secondary N) is 1. The highest BCUT2D eigenvalue weighted by Gasteiger charge is 2.41. The van der Waals surface area contributed by atoms with E-state index in [0.29, 0.717) is 42.7 Å². The SMILES string of the molecule is CSc1ccc(CN2C(=O)C3COCCN3c3nc(-c4cccc(S(=O)NC(C)C)c4)ncc32)cc1. The van der Waals surface area contributed by atoms with Gasteiger partial charge in [0.15, 0.2) is 11.6 Å². The smallest absolute Gasteiger partial charge is 0.252 e. The van der Waals surface area contributed by atoms with Crippen LogP contribution in [0.5, 0.6) is 0 Å². The lowest BCUT2D eigenvalue weighted by atomic mass is 10.1. The molecule has 10 heteroatoms. The Bertz CT molecular complexity index is 1280. The van der Waals surface area contributed by atoms with Gasteiger partial charge in [-0.1, -0.05) is 24.3 Å². The van der Waals surface area contributed by atoms with E-state index in [9.17, 15) is 9.00 Å². The van der Waals surface area contributed by atoms with Crippen LogP contribution in [0.4, 0.5) is 11.5 Å². The topological polar surface area (TPSA) is 87.7 Å². The Labute approximate surface area is 218 Å². The first-order valence-electron chi connectivity index (χ1n) is 11.9. The highest BCUT2D eigenvalue weighted by molar-refractivity contribution is 7.98. The summed E-state index contributed by atoms with van der Waals surface area (Å²) in [5, 5.41) is 0. The molecule has 0 saturated carbocycles. The number of hydrogen-bond donors (Lipinski definition) is 1. The number of fused-ring (bicyclic) bond motifs is 3. The molecule has 36 heavy (non-hydrogen) atoms. The Balaban J connectivity index is 1.51. The maximum atomic E-state index is 13.5. The maximum Gasteiger partial charge on any atom is 0.252 e. The van der Waals surface area contributed by atoms with Crippen molar-refractivity contribution >= 4 is 40.2 Å². The summed E-state index contributed by atoms with van der Waals surface area (Å²) in [6.07, 6.45) is 3.77. The molecule has 0 radical (unpaired) electrons. The average molecular weight is 524 g/mol. The monoisotopic (exact) mass is 523 g/mol. The minimum Gasteiger partial charge on any atom is -0.377 e. The van der Waals surface area contributed by atoms with Crippen molar-refractivity contribution in [2.75, 3.05) is 35.8 Å². The molecule has 2 atom stereocenters. The minimum atomic E-state index is -1.33. The second-order valence-electron chi connectivity index (χ2n) is 9.03. The van der Waals surface area contributed by atoms with Crippen molar-refractivity contribution in [2.45, 2.75) is 42.3 Å². The summed E-state index contributed by atoms with van der Waals surface area (Å²) >= 11 is 1.69. The average Bonchev–Trinajstić information content (AvgIpc) is 2.91. The second-order valence-corrected chi connectivity index (χ2v) is 11.2. The fourth-order valence-corrected chi connectivity index (χ4v) is 5.79. The predicted molar refractivity (Wildman–Crippen MR) is 144 cm³/mol. The number of carbonyl (C=O) groups excluding carboxylic acids is 1. The molecule has 0 spiro atoms. The van der Waals surface area contributed by atoms with Crippen LogP contribution in [0.1, 0.15) is 19.4 Å². The van der Waals surface area contributed by atoms with Gasteiger partial charge in [-0.3, -0.25) is 4.79 Å². The van der Waals surface area contributed by atoms with Gasteiger partial charge in [0.1, 0.15) is 22.7 Å². The zero-order valence-corrected chi connectivity index (χ0v) is 22.1. The zero-order valence-electron chi connectivity index (χ0n) is 20.5. The van der Waals surface area contributed by atoms with E-state index in [4.69, 9.17) is 9.72 Å². The highest BCUT2D eigenvalue weighted by Crippen LogP contribution is 2.37. The van der Waals surface area contributed by atoms with Gasteiger partial charge in [-0.25, -0.2) is 18.9 Å². The lowest BCUT2D eigenvalue weighted by Crippen LogP contribution is -2.58. The summed E-state index contributed by atoms with van der Waals surface area (Å²) in [6.45, 7) is 5.79. The van der Waals surface area contributed by atoms with Gasteiger partial charge in [-0.15, -0.1) is 11.8 Å². The summed E-state index contributed by atoms with van der Waals surface area (Å²) in [7, 11) is -1.33. The molecule has 1 saturated heterocycles. The third-order valence-electron chi connectivity index (χ3n) is 6.14. The normalized spacial score (nSPS) is 18.2. The Morgan fingerprint density at radius 2 is 2.03 bits per heavy atom. The van der Waals surface area contributed by atoms with E-state index in [1.54, 1.807) is 22.9 Å². The first-order chi connectivity index (χ1) is 17.4. The number of carbonyl (C=O) groups is 1. The third-order valence-corrected chi connectivity index (χ3v) is 8.25. The highest BCUT2D eigenvalue weighted by atomic mass is 32.2. The fraction of sp³-hybridized carbons (Fsp3) is 0.346. The molecule has 2 aliphatic heterocycles. The Morgan fingerprint density at radius 1 is 1.22 bits per heavy atom. The quantitative estimate of drug-likeness (QED) is 0.473. The Hall–Kier alpha value is -2.79. The molecule has 1 aromatic heterocycles. The lowest BCUT2D eigenvalue weighted by molar-refractivity contribution is -0.122. The summed E-state index contributed by atoms with van der Waals surface area (Å²) < 4.78 is 21.3. The molecular formula is C26H29N5O3S2. The van der Waals surface area contributed by atoms with Crippen molar-refractivity contribution in [3.05, 3.63) is 60.3 Å². The van der Waals surface area contributed by atoms with Gasteiger partial charge in [0.05, 0.1) is 30.9 Å². The van der Waals surface area contributed by atoms with E-state index >= 15 is 0 Å². The van der Waals surface area contributed by atoms with Crippen molar-refractivity contribution in [3.8, 4) is 11.4 Å². The number of anilines is 2. The molecule has 1 N–H and O–H groups in total. The molecule has 0 aliphatic carbocycles. The number of nitrogens with zero attached hydrogens (tertiary/aromatic N) is 4. The van der Waals surface area contributed by atoms with Crippen LogP contribution in [0.2, 0.25) is 0 Å². The summed E-state index contributed by atoms with van der Waals surface area (Å²) in [6, 6.07) is 15.3. The van der Waals surface area contributed by atoms with Gasteiger partial charge in [-0.05, 0) is 49.9 Å². The third kappa shape index (κ3) is 5.04. The van der Waals surface area contributed by atoms with Crippen molar-refractivity contribution in [1.29, 1.82) is 0 Å². The first-order valence-corrected chi connectivity index (χ1v) is 14.3. The molecule has 5 rings (SSSR count). The van der Waals surface area contributed by atoms with Crippen LogP contribution in [0.25, 0.3) is 11.4 Å². The largest absolute Gasteiger partial charge is 0.377 e. The Morgan fingerprint density at radius 3 is 2.78 bits per heavy atom. The summed E-state index contributed by atoms with van der Waals surface area (Å²) in [5.41, 5.74) is 2.50. The molecule has 1 fully saturated rings. The van der Waals surface area contributed by atoms with Crippen molar-refractivity contribution in [1.82, 2.24) is 14.7 Å². The number of ether oxygens (including phenoxy) is 1. The number of rotatable bonds is 7. The standard InChI is InChI=1S/C26H29N5O3S2/c1-17(2)29-36(33)21-6-4-5-19(13-21)24-27-14-22-25(28-24)30-11-12-34-16-23(30)26(32)31(22)15-18-7-9-20(35-3)10-8-18/h4-10,13-14,17,23,29H,11-12,15-16H2,1-3H3. The number of morpholine rings is 1. The van der Waals surface area contributed by atoms with Crippen LogP contribution < -0.4 is 14.5 Å². The number of thioether (sulfide) groups is 1. The number of aromatic nitrogens is 2. The van der Waals surface area contributed by atoms with Crippen LogP contribution in [0.3, 0.4) is 0 Å². The van der Waals surface area contributed by atoms with E-state index in [1.807, 2.05) is 49.3 Å². The second kappa shape index (κ2) is 10.7. The van der Waals surface area contributed by atoms with Gasteiger partial charge < -0.3 is 14.5 Å². The molecular weight excluding hydrogens is 494 g/mol. The van der Waals surface area contributed by atoms with Gasteiger partial charge in [0.2, 0.25) is 0 Å². The first kappa shape index (κ1) is 24.9. The molecule has 188 valence electrons. The molecule has 3 heterocycles.